The predicted octanol–water partition coefficient (Wildman–Crippen LogP) is 1.91. The molecule has 1 aromatic carbocycles. The second kappa shape index (κ2) is 17.9. The third-order valence-electron chi connectivity index (χ3n) is 9.09. The van der Waals surface area contributed by atoms with Crippen LogP contribution in [0.5, 0.6) is 0 Å². The summed E-state index contributed by atoms with van der Waals surface area (Å²) in [5.74, 6) is -2.25. The second-order valence-electron chi connectivity index (χ2n) is 12.3. The fraction of sp³-hybridized carbons (Fsp3) is 0.667. The standard InChI is InChI=1S/C33H55N5O6/c1-11-22(4)27(30(42)38(10)26(18-15-19-39)20-25-16-13-12-14-17-25)35-29(41)23(5)37(9)31(43)28(24(6)40)36-32(44)33(7,34-8)21(2)3/h12-14,16-17,19,21-24,26-28,34,40H,11,15,18,20H2,1-10H3,(H,35,41)(H,36,44)/t22-,23-,24+,26+,27-,28-,33?/m0/s1. The third-order valence-corrected chi connectivity index (χ3v) is 9.09. The van der Waals surface area contributed by atoms with Gasteiger partial charge in [0.2, 0.25) is 23.6 Å². The van der Waals surface area contributed by atoms with Crippen molar-refractivity contribution in [1.29, 1.82) is 0 Å². The molecule has 0 spiro atoms. The van der Waals surface area contributed by atoms with Crippen molar-refractivity contribution in [2.75, 3.05) is 21.1 Å². The zero-order chi connectivity index (χ0) is 33.8. The topological polar surface area (TPSA) is 148 Å². The number of amides is 4. The molecule has 0 aromatic heterocycles. The van der Waals surface area contributed by atoms with Crippen LogP contribution in [0.3, 0.4) is 0 Å². The molecule has 0 aliphatic heterocycles. The fourth-order valence-electron chi connectivity index (χ4n) is 4.87. The summed E-state index contributed by atoms with van der Waals surface area (Å²) < 4.78 is 0. The average molecular weight is 618 g/mol. The summed E-state index contributed by atoms with van der Waals surface area (Å²) in [5.41, 5.74) is 0.0405. The number of benzene rings is 1. The molecule has 7 atom stereocenters. The lowest BCUT2D eigenvalue weighted by Gasteiger charge is -2.36. The Morgan fingerprint density at radius 2 is 1.50 bits per heavy atom. The fourth-order valence-corrected chi connectivity index (χ4v) is 4.87. The molecule has 0 bridgehead atoms. The number of hydrogen-bond donors (Lipinski definition) is 4. The summed E-state index contributed by atoms with van der Waals surface area (Å²) in [6.07, 6.45) is 1.55. The van der Waals surface area contributed by atoms with Gasteiger partial charge < -0.3 is 35.7 Å². The Bertz CT molecular complexity index is 1100. The van der Waals surface area contributed by atoms with Gasteiger partial charge in [-0.05, 0) is 58.1 Å². The maximum Gasteiger partial charge on any atom is 0.248 e. The first kappa shape index (κ1) is 38.7. The molecule has 44 heavy (non-hydrogen) atoms. The van der Waals surface area contributed by atoms with Crippen LogP contribution in [0.25, 0.3) is 0 Å². The van der Waals surface area contributed by atoms with E-state index in [-0.39, 0.29) is 23.8 Å². The number of aldehydes is 1. The maximum atomic E-state index is 13.9. The zero-order valence-corrected chi connectivity index (χ0v) is 28.2. The lowest BCUT2D eigenvalue weighted by Crippen LogP contribution is -2.64. The Kier molecular flexibility index (Phi) is 15.7. The molecule has 11 nitrogen and oxygen atoms in total. The number of carbonyl (C=O) groups is 5. The number of carbonyl (C=O) groups excluding carboxylic acids is 5. The van der Waals surface area contributed by atoms with Crippen molar-refractivity contribution in [3.8, 4) is 0 Å². The molecular weight excluding hydrogens is 562 g/mol. The van der Waals surface area contributed by atoms with Crippen LogP contribution in [-0.2, 0) is 30.4 Å². The first-order valence-corrected chi connectivity index (χ1v) is 15.6. The molecule has 1 unspecified atom stereocenters. The molecule has 11 heteroatoms. The Morgan fingerprint density at radius 1 is 0.932 bits per heavy atom. The number of rotatable bonds is 18. The highest BCUT2D eigenvalue weighted by Gasteiger charge is 2.40. The summed E-state index contributed by atoms with van der Waals surface area (Å²) in [7, 11) is 4.76. The predicted molar refractivity (Wildman–Crippen MR) is 172 cm³/mol. The maximum absolute atomic E-state index is 13.9. The van der Waals surface area contributed by atoms with E-state index in [4.69, 9.17) is 0 Å². The van der Waals surface area contributed by atoms with E-state index in [2.05, 4.69) is 16.0 Å². The molecule has 248 valence electrons. The highest BCUT2D eigenvalue weighted by atomic mass is 16.3. The number of nitrogens with zero attached hydrogens (tertiary/aromatic N) is 2. The molecule has 0 aliphatic rings. The quantitative estimate of drug-likeness (QED) is 0.184. The zero-order valence-electron chi connectivity index (χ0n) is 28.2. The molecular formula is C33H55N5O6. The van der Waals surface area contributed by atoms with Gasteiger partial charge in [-0.1, -0.05) is 64.4 Å². The van der Waals surface area contributed by atoms with Gasteiger partial charge in [0.15, 0.2) is 0 Å². The van der Waals surface area contributed by atoms with Gasteiger partial charge >= 0.3 is 0 Å². The normalized spacial score (nSPS) is 16.8. The Morgan fingerprint density at radius 3 is 1.98 bits per heavy atom. The Balaban J connectivity index is 3.16. The minimum atomic E-state index is -1.29. The van der Waals surface area contributed by atoms with Crippen LogP contribution in [0.1, 0.15) is 73.3 Å². The van der Waals surface area contributed by atoms with Gasteiger partial charge in [-0.2, -0.15) is 0 Å². The highest BCUT2D eigenvalue weighted by Crippen LogP contribution is 2.19. The number of hydrogen-bond acceptors (Lipinski definition) is 7. The average Bonchev–Trinajstić information content (AvgIpc) is 3.01. The highest BCUT2D eigenvalue weighted by molar-refractivity contribution is 5.95. The molecule has 0 saturated carbocycles. The van der Waals surface area contributed by atoms with Gasteiger partial charge in [-0.3, -0.25) is 19.2 Å². The smallest absolute Gasteiger partial charge is 0.248 e. The lowest BCUT2D eigenvalue weighted by molar-refractivity contribution is -0.146. The van der Waals surface area contributed by atoms with Gasteiger partial charge in [0.05, 0.1) is 11.6 Å². The summed E-state index contributed by atoms with van der Waals surface area (Å²) in [4.78, 5) is 67.9. The van der Waals surface area contributed by atoms with Crippen molar-refractivity contribution in [2.24, 2.45) is 11.8 Å². The van der Waals surface area contributed by atoms with E-state index < -0.39 is 47.5 Å². The van der Waals surface area contributed by atoms with Crippen molar-refractivity contribution >= 4 is 29.9 Å². The van der Waals surface area contributed by atoms with Crippen LogP contribution in [0, 0.1) is 11.8 Å². The molecule has 1 aromatic rings. The molecule has 0 aliphatic carbocycles. The SMILES string of the molecule is CC[C@H](C)[C@H](NC(=O)[C@H](C)N(C)C(=O)[C@@H](NC(=O)C(C)(NC)C(C)C)[C@@H](C)O)C(=O)N(C)[C@H](CCC=O)Cc1ccccc1. The van der Waals surface area contributed by atoms with E-state index in [1.54, 1.807) is 25.9 Å². The van der Waals surface area contributed by atoms with Crippen LogP contribution in [0.4, 0.5) is 0 Å². The molecule has 0 radical (unpaired) electrons. The van der Waals surface area contributed by atoms with E-state index in [0.29, 0.717) is 25.7 Å². The Hall–Kier alpha value is -3.31. The summed E-state index contributed by atoms with van der Waals surface area (Å²) in [5, 5.41) is 18.9. The first-order chi connectivity index (χ1) is 20.6. The summed E-state index contributed by atoms with van der Waals surface area (Å²) >= 11 is 0. The van der Waals surface area contributed by atoms with E-state index in [1.807, 2.05) is 58.0 Å². The van der Waals surface area contributed by atoms with E-state index in [9.17, 15) is 29.1 Å². The minimum Gasteiger partial charge on any atom is -0.391 e. The van der Waals surface area contributed by atoms with Crippen molar-refractivity contribution in [3.05, 3.63) is 35.9 Å². The molecule has 1 rings (SSSR count). The van der Waals surface area contributed by atoms with Gasteiger partial charge in [-0.15, -0.1) is 0 Å². The van der Waals surface area contributed by atoms with E-state index in [0.717, 1.165) is 11.8 Å². The number of likely N-dealkylation sites (N-methyl/N-ethyl adjacent to an activating group) is 3. The van der Waals surface area contributed by atoms with Gasteiger partial charge in [0, 0.05) is 26.6 Å². The van der Waals surface area contributed by atoms with Gasteiger partial charge in [-0.25, -0.2) is 0 Å². The van der Waals surface area contributed by atoms with Crippen LogP contribution >= 0.6 is 0 Å². The van der Waals surface area contributed by atoms with Crippen LogP contribution in [0.15, 0.2) is 30.3 Å². The largest absolute Gasteiger partial charge is 0.391 e. The number of aliphatic hydroxyl groups excluding tert-OH is 1. The van der Waals surface area contributed by atoms with Crippen molar-refractivity contribution < 1.29 is 29.1 Å². The minimum absolute atomic E-state index is 0.112. The van der Waals surface area contributed by atoms with E-state index in [1.165, 1.54) is 25.8 Å². The summed E-state index contributed by atoms with van der Waals surface area (Å²) in [6.45, 7) is 12.2. The number of nitrogens with one attached hydrogen (secondary N) is 3. The first-order valence-electron chi connectivity index (χ1n) is 15.6. The van der Waals surface area contributed by atoms with Crippen molar-refractivity contribution in [3.63, 3.8) is 0 Å². The van der Waals surface area contributed by atoms with Crippen molar-refractivity contribution in [1.82, 2.24) is 25.8 Å². The second-order valence-corrected chi connectivity index (χ2v) is 12.3. The van der Waals surface area contributed by atoms with Crippen LogP contribution in [-0.4, -0.2) is 102 Å². The Labute approximate surface area is 263 Å². The monoisotopic (exact) mass is 617 g/mol. The molecule has 4 amide bonds. The molecule has 0 fully saturated rings. The summed E-state index contributed by atoms with van der Waals surface area (Å²) in [6, 6.07) is 6.28. The molecule has 0 saturated heterocycles. The number of aliphatic hydroxyl groups is 1. The van der Waals surface area contributed by atoms with Gasteiger partial charge in [0.1, 0.15) is 24.4 Å². The molecule has 0 heterocycles. The van der Waals surface area contributed by atoms with Crippen LogP contribution in [0.2, 0.25) is 0 Å². The van der Waals surface area contributed by atoms with E-state index >= 15 is 0 Å². The lowest BCUT2D eigenvalue weighted by atomic mass is 9.87. The van der Waals surface area contributed by atoms with Gasteiger partial charge in [0.25, 0.3) is 0 Å². The third kappa shape index (κ3) is 10.1. The molecule has 4 N–H and O–H groups in total. The van der Waals surface area contributed by atoms with Crippen molar-refractivity contribution in [2.45, 2.75) is 110 Å². The van der Waals surface area contributed by atoms with Crippen LogP contribution < -0.4 is 16.0 Å².